The van der Waals surface area contributed by atoms with Crippen molar-refractivity contribution in [2.24, 2.45) is 0 Å². The van der Waals surface area contributed by atoms with E-state index in [1.165, 1.54) is 12.7 Å². The summed E-state index contributed by atoms with van der Waals surface area (Å²) < 4.78 is 10.9. The Morgan fingerprint density at radius 3 is 2.54 bits per heavy atom. The van der Waals surface area contributed by atoms with Crippen LogP contribution in [0.2, 0.25) is 5.02 Å². The second-order valence-electron chi connectivity index (χ2n) is 5.51. The molecule has 0 fully saturated rings. The van der Waals surface area contributed by atoms with Crippen LogP contribution in [0, 0.1) is 6.92 Å². The van der Waals surface area contributed by atoms with Crippen molar-refractivity contribution in [1.29, 1.82) is 0 Å². The van der Waals surface area contributed by atoms with Crippen LogP contribution in [0.1, 0.15) is 34.8 Å². The SMILES string of the molecule is CCCOc1c(Cl)cc(C(=O)NCc2ccc(C)cc2)cc1OC. The summed E-state index contributed by atoms with van der Waals surface area (Å²) in [5.41, 5.74) is 2.66. The van der Waals surface area contributed by atoms with Crippen LogP contribution in [0.3, 0.4) is 0 Å². The van der Waals surface area contributed by atoms with Gasteiger partial charge in [-0.15, -0.1) is 0 Å². The average molecular weight is 348 g/mol. The van der Waals surface area contributed by atoms with E-state index in [0.29, 0.717) is 35.2 Å². The Morgan fingerprint density at radius 2 is 1.92 bits per heavy atom. The zero-order valence-corrected chi connectivity index (χ0v) is 14.9. The molecule has 0 aromatic heterocycles. The van der Waals surface area contributed by atoms with Crippen molar-refractivity contribution in [3.8, 4) is 11.5 Å². The Balaban J connectivity index is 2.11. The number of amides is 1. The number of nitrogens with one attached hydrogen (secondary N) is 1. The third-order valence-electron chi connectivity index (χ3n) is 3.52. The summed E-state index contributed by atoms with van der Waals surface area (Å²) in [5.74, 6) is 0.713. The molecule has 0 saturated carbocycles. The van der Waals surface area contributed by atoms with Crippen molar-refractivity contribution in [2.45, 2.75) is 26.8 Å². The summed E-state index contributed by atoms with van der Waals surface area (Å²) in [7, 11) is 1.53. The lowest BCUT2D eigenvalue weighted by atomic mass is 10.1. The zero-order valence-electron chi connectivity index (χ0n) is 14.2. The molecule has 0 radical (unpaired) electrons. The molecule has 0 heterocycles. The van der Waals surface area contributed by atoms with Gasteiger partial charge in [-0.05, 0) is 31.0 Å². The second kappa shape index (κ2) is 8.60. The molecule has 2 rings (SSSR count). The molecule has 2 aromatic rings. The van der Waals surface area contributed by atoms with E-state index in [0.717, 1.165) is 12.0 Å². The summed E-state index contributed by atoms with van der Waals surface area (Å²) in [4.78, 5) is 12.4. The summed E-state index contributed by atoms with van der Waals surface area (Å²) in [6.45, 7) is 5.02. The van der Waals surface area contributed by atoms with Gasteiger partial charge in [-0.3, -0.25) is 4.79 Å². The highest BCUT2D eigenvalue weighted by Crippen LogP contribution is 2.36. The lowest BCUT2D eigenvalue weighted by Crippen LogP contribution is -2.22. The Bertz CT molecular complexity index is 699. The van der Waals surface area contributed by atoms with Crippen LogP contribution in [0.15, 0.2) is 36.4 Å². The Labute approximate surface area is 147 Å². The first-order valence-electron chi connectivity index (χ1n) is 7.89. The minimum Gasteiger partial charge on any atom is -0.493 e. The van der Waals surface area contributed by atoms with Crippen molar-refractivity contribution in [1.82, 2.24) is 5.32 Å². The molecule has 0 bridgehead atoms. The maximum Gasteiger partial charge on any atom is 0.251 e. The number of hydrogen-bond donors (Lipinski definition) is 1. The van der Waals surface area contributed by atoms with Gasteiger partial charge in [0.15, 0.2) is 11.5 Å². The lowest BCUT2D eigenvalue weighted by molar-refractivity contribution is 0.0950. The maximum absolute atomic E-state index is 12.4. The standard InChI is InChI=1S/C19H22ClNO3/c1-4-9-24-18-16(20)10-15(11-17(18)23-3)19(22)21-12-14-7-5-13(2)6-8-14/h5-8,10-11H,4,9,12H2,1-3H3,(H,21,22). The van der Waals surface area contributed by atoms with Gasteiger partial charge in [0.25, 0.3) is 5.91 Å². The third-order valence-corrected chi connectivity index (χ3v) is 3.80. The molecule has 0 saturated heterocycles. The third kappa shape index (κ3) is 4.65. The number of hydrogen-bond acceptors (Lipinski definition) is 3. The van der Waals surface area contributed by atoms with Gasteiger partial charge in [0.1, 0.15) is 0 Å². The first-order chi connectivity index (χ1) is 11.5. The number of carbonyl (C=O) groups excluding carboxylic acids is 1. The van der Waals surface area contributed by atoms with Gasteiger partial charge < -0.3 is 14.8 Å². The number of ether oxygens (including phenoxy) is 2. The van der Waals surface area contributed by atoms with Crippen LogP contribution in [0.4, 0.5) is 0 Å². The second-order valence-corrected chi connectivity index (χ2v) is 5.91. The van der Waals surface area contributed by atoms with E-state index in [4.69, 9.17) is 21.1 Å². The minimum atomic E-state index is -0.210. The molecule has 1 amide bonds. The normalized spacial score (nSPS) is 10.3. The van der Waals surface area contributed by atoms with Crippen molar-refractivity contribution in [3.05, 3.63) is 58.1 Å². The summed E-state index contributed by atoms with van der Waals surface area (Å²) in [5, 5.41) is 3.25. The minimum absolute atomic E-state index is 0.210. The van der Waals surface area contributed by atoms with Crippen LogP contribution in [-0.2, 0) is 6.54 Å². The fourth-order valence-electron chi connectivity index (χ4n) is 2.19. The van der Waals surface area contributed by atoms with Gasteiger partial charge in [0.05, 0.1) is 18.7 Å². The largest absolute Gasteiger partial charge is 0.493 e. The molecule has 128 valence electrons. The molecule has 2 aromatic carbocycles. The summed E-state index contributed by atoms with van der Waals surface area (Å²) >= 11 is 6.24. The van der Waals surface area contributed by atoms with Crippen molar-refractivity contribution in [3.63, 3.8) is 0 Å². The Kier molecular flexibility index (Phi) is 6.50. The Morgan fingerprint density at radius 1 is 1.21 bits per heavy atom. The number of halogens is 1. The van der Waals surface area contributed by atoms with Gasteiger partial charge in [-0.25, -0.2) is 0 Å². The molecule has 0 aliphatic rings. The quantitative estimate of drug-likeness (QED) is 0.808. The van der Waals surface area contributed by atoms with Gasteiger partial charge in [0, 0.05) is 12.1 Å². The van der Waals surface area contributed by atoms with E-state index >= 15 is 0 Å². The molecule has 0 aliphatic heterocycles. The molecule has 24 heavy (non-hydrogen) atoms. The van der Waals surface area contributed by atoms with Crippen LogP contribution >= 0.6 is 11.6 Å². The molecule has 0 unspecified atom stereocenters. The monoisotopic (exact) mass is 347 g/mol. The maximum atomic E-state index is 12.4. The summed E-state index contributed by atoms with van der Waals surface area (Å²) in [6, 6.07) is 11.2. The van der Waals surface area contributed by atoms with E-state index in [-0.39, 0.29) is 5.91 Å². The van der Waals surface area contributed by atoms with Crippen LogP contribution in [-0.4, -0.2) is 19.6 Å². The Hall–Kier alpha value is -2.20. The van der Waals surface area contributed by atoms with Crippen molar-refractivity contribution < 1.29 is 14.3 Å². The molecule has 0 aliphatic carbocycles. The van der Waals surface area contributed by atoms with Crippen molar-refractivity contribution >= 4 is 17.5 Å². The molecule has 0 atom stereocenters. The predicted octanol–water partition coefficient (Wildman–Crippen LogP) is 4.38. The molecular weight excluding hydrogens is 326 g/mol. The van der Waals surface area contributed by atoms with Gasteiger partial charge in [-0.2, -0.15) is 0 Å². The number of carbonyl (C=O) groups is 1. The molecule has 0 spiro atoms. The zero-order chi connectivity index (χ0) is 17.5. The van der Waals surface area contributed by atoms with Gasteiger partial charge >= 0.3 is 0 Å². The van der Waals surface area contributed by atoms with E-state index in [1.807, 2.05) is 38.1 Å². The molecular formula is C19H22ClNO3. The molecule has 5 heteroatoms. The van der Waals surface area contributed by atoms with E-state index in [9.17, 15) is 4.79 Å². The first-order valence-corrected chi connectivity index (χ1v) is 8.27. The van der Waals surface area contributed by atoms with Crippen molar-refractivity contribution in [2.75, 3.05) is 13.7 Å². The van der Waals surface area contributed by atoms with E-state index in [2.05, 4.69) is 5.32 Å². The van der Waals surface area contributed by atoms with E-state index < -0.39 is 0 Å². The highest BCUT2D eigenvalue weighted by Gasteiger charge is 2.15. The van der Waals surface area contributed by atoms with Gasteiger partial charge in [0.2, 0.25) is 0 Å². The first kappa shape index (κ1) is 18.1. The van der Waals surface area contributed by atoms with E-state index in [1.54, 1.807) is 12.1 Å². The highest BCUT2D eigenvalue weighted by atomic mass is 35.5. The van der Waals surface area contributed by atoms with Gasteiger partial charge in [-0.1, -0.05) is 48.4 Å². The number of rotatable bonds is 7. The number of aryl methyl sites for hydroxylation is 1. The summed E-state index contributed by atoms with van der Waals surface area (Å²) in [6.07, 6.45) is 0.859. The smallest absolute Gasteiger partial charge is 0.251 e. The van der Waals surface area contributed by atoms with Crippen LogP contribution in [0.5, 0.6) is 11.5 Å². The highest BCUT2D eigenvalue weighted by molar-refractivity contribution is 6.32. The number of methoxy groups -OCH3 is 1. The fraction of sp³-hybridized carbons (Fsp3) is 0.316. The predicted molar refractivity (Wildman–Crippen MR) is 96.1 cm³/mol. The lowest BCUT2D eigenvalue weighted by Gasteiger charge is -2.14. The topological polar surface area (TPSA) is 47.6 Å². The molecule has 4 nitrogen and oxygen atoms in total. The van der Waals surface area contributed by atoms with Crippen LogP contribution < -0.4 is 14.8 Å². The molecule has 1 N–H and O–H groups in total. The van der Waals surface area contributed by atoms with Crippen LogP contribution in [0.25, 0.3) is 0 Å². The average Bonchev–Trinajstić information content (AvgIpc) is 2.59. The fourth-order valence-corrected chi connectivity index (χ4v) is 2.45. The number of benzene rings is 2.